The van der Waals surface area contributed by atoms with E-state index in [4.69, 9.17) is 11.6 Å². The molecule has 3 heterocycles. The maximum absolute atomic E-state index is 13.4. The Morgan fingerprint density at radius 1 is 1.06 bits per heavy atom. The zero-order chi connectivity index (χ0) is 22.9. The Morgan fingerprint density at radius 2 is 1.85 bits per heavy atom. The molecule has 1 aliphatic rings. The summed E-state index contributed by atoms with van der Waals surface area (Å²) in [6, 6.07) is 14.6. The Bertz CT molecular complexity index is 1400. The van der Waals surface area contributed by atoms with Gasteiger partial charge in [-0.05, 0) is 24.3 Å². The summed E-state index contributed by atoms with van der Waals surface area (Å²) in [5.74, 6) is -0.600. The van der Waals surface area contributed by atoms with Gasteiger partial charge < -0.3 is 4.90 Å². The van der Waals surface area contributed by atoms with E-state index < -0.39 is 5.82 Å². The molecule has 0 spiro atoms. The lowest BCUT2D eigenvalue weighted by molar-refractivity contribution is 0.0626. The number of fused-ring (bicyclic) bond motifs is 1. The molecule has 33 heavy (non-hydrogen) atoms. The van der Waals surface area contributed by atoms with Crippen LogP contribution in [-0.4, -0.2) is 56.5 Å². The molecule has 2 aromatic carbocycles. The number of nitrogens with zero attached hydrogens (tertiary/aromatic N) is 5. The molecule has 0 radical (unpaired) electrons. The molecule has 168 valence electrons. The van der Waals surface area contributed by atoms with E-state index in [1.165, 1.54) is 40.1 Å². The van der Waals surface area contributed by atoms with Crippen molar-refractivity contribution in [1.29, 1.82) is 0 Å². The van der Waals surface area contributed by atoms with Crippen LogP contribution < -0.4 is 5.56 Å². The van der Waals surface area contributed by atoms with E-state index in [1.54, 1.807) is 17.0 Å². The van der Waals surface area contributed by atoms with Crippen LogP contribution in [-0.2, 0) is 6.54 Å². The largest absolute Gasteiger partial charge is 0.336 e. The Hall–Kier alpha value is -3.14. The number of rotatable bonds is 4. The maximum atomic E-state index is 13.4. The second kappa shape index (κ2) is 9.01. The molecule has 4 aromatic rings. The first-order valence-corrected chi connectivity index (χ1v) is 11.6. The lowest BCUT2D eigenvalue weighted by atomic mass is 10.1. The highest BCUT2D eigenvalue weighted by Gasteiger charge is 2.23. The quantitative estimate of drug-likeness (QED) is 0.444. The van der Waals surface area contributed by atoms with Gasteiger partial charge in [0.2, 0.25) is 4.96 Å². The smallest absolute Gasteiger partial charge is 0.275 e. The average molecular weight is 484 g/mol. The second-order valence-electron chi connectivity index (χ2n) is 7.75. The molecule has 0 unspecified atom stereocenters. The molecular formula is C23H19ClFN5O2S. The number of carbonyl (C=O) groups excluding carboxylic acids is 1. The van der Waals surface area contributed by atoms with Crippen LogP contribution in [0.2, 0.25) is 5.02 Å². The molecular weight excluding hydrogens is 465 g/mol. The minimum absolute atomic E-state index is 0.177. The van der Waals surface area contributed by atoms with Gasteiger partial charge >= 0.3 is 0 Å². The average Bonchev–Trinajstić information content (AvgIpc) is 3.24. The highest BCUT2D eigenvalue weighted by Crippen LogP contribution is 2.30. The molecule has 1 aliphatic heterocycles. The van der Waals surface area contributed by atoms with Crippen LogP contribution in [0.25, 0.3) is 15.5 Å². The fourth-order valence-corrected chi connectivity index (χ4v) is 5.07. The van der Waals surface area contributed by atoms with Crippen LogP contribution >= 0.6 is 22.9 Å². The van der Waals surface area contributed by atoms with Gasteiger partial charge in [-0.1, -0.05) is 47.2 Å². The summed E-state index contributed by atoms with van der Waals surface area (Å²) < 4.78 is 14.7. The molecule has 1 amide bonds. The highest BCUT2D eigenvalue weighted by atomic mass is 35.5. The van der Waals surface area contributed by atoms with E-state index in [-0.39, 0.29) is 11.5 Å². The lowest BCUT2D eigenvalue weighted by Crippen LogP contribution is -2.48. The third kappa shape index (κ3) is 4.52. The third-order valence-electron chi connectivity index (χ3n) is 5.52. The Labute approximate surface area is 197 Å². The summed E-state index contributed by atoms with van der Waals surface area (Å²) in [6.07, 6.45) is 0. The number of aromatic nitrogens is 3. The Kier molecular flexibility index (Phi) is 5.92. The van der Waals surface area contributed by atoms with Crippen molar-refractivity contribution in [2.24, 2.45) is 0 Å². The number of piperazine rings is 1. The van der Waals surface area contributed by atoms with E-state index in [9.17, 15) is 14.0 Å². The van der Waals surface area contributed by atoms with E-state index >= 15 is 0 Å². The van der Waals surface area contributed by atoms with Gasteiger partial charge in [0, 0.05) is 49.9 Å². The van der Waals surface area contributed by atoms with Crippen molar-refractivity contribution in [3.05, 3.63) is 87.0 Å². The highest BCUT2D eigenvalue weighted by molar-refractivity contribution is 7.19. The number of amides is 1. The molecule has 5 rings (SSSR count). The summed E-state index contributed by atoms with van der Waals surface area (Å²) >= 11 is 7.58. The topological polar surface area (TPSA) is 70.8 Å². The molecule has 1 fully saturated rings. The van der Waals surface area contributed by atoms with E-state index in [0.29, 0.717) is 59.0 Å². The van der Waals surface area contributed by atoms with Gasteiger partial charge in [-0.3, -0.25) is 14.5 Å². The number of benzene rings is 2. The van der Waals surface area contributed by atoms with Crippen molar-refractivity contribution in [2.45, 2.75) is 6.54 Å². The Morgan fingerprint density at radius 3 is 2.61 bits per heavy atom. The third-order valence-corrected chi connectivity index (χ3v) is 6.79. The van der Waals surface area contributed by atoms with Crippen LogP contribution in [0.4, 0.5) is 4.39 Å². The van der Waals surface area contributed by atoms with E-state index in [2.05, 4.69) is 15.0 Å². The van der Waals surface area contributed by atoms with Crippen LogP contribution in [0.5, 0.6) is 0 Å². The first kappa shape index (κ1) is 21.7. The Balaban J connectivity index is 1.29. The molecule has 0 bridgehead atoms. The summed E-state index contributed by atoms with van der Waals surface area (Å²) in [5, 5.41) is 5.58. The monoisotopic (exact) mass is 483 g/mol. The zero-order valence-corrected chi connectivity index (χ0v) is 19.0. The summed E-state index contributed by atoms with van der Waals surface area (Å²) in [7, 11) is 0. The lowest BCUT2D eigenvalue weighted by Gasteiger charge is -2.34. The van der Waals surface area contributed by atoms with Crippen molar-refractivity contribution in [2.75, 3.05) is 26.2 Å². The second-order valence-corrected chi connectivity index (χ2v) is 9.11. The minimum Gasteiger partial charge on any atom is -0.336 e. The molecule has 0 saturated carbocycles. The summed E-state index contributed by atoms with van der Waals surface area (Å²) in [5.41, 5.74) is 1.52. The molecule has 1 saturated heterocycles. The maximum Gasteiger partial charge on any atom is 0.275 e. The van der Waals surface area contributed by atoms with Gasteiger partial charge in [0.05, 0.1) is 10.7 Å². The molecule has 2 aromatic heterocycles. The number of hydrogen-bond donors (Lipinski definition) is 0. The normalized spacial score (nSPS) is 14.7. The minimum atomic E-state index is -0.423. The van der Waals surface area contributed by atoms with Crippen molar-refractivity contribution < 1.29 is 9.18 Å². The number of halogens is 2. The van der Waals surface area contributed by atoms with Gasteiger partial charge in [0.15, 0.2) is 0 Å². The van der Waals surface area contributed by atoms with Gasteiger partial charge in [0.25, 0.3) is 11.5 Å². The van der Waals surface area contributed by atoms with Gasteiger partial charge in [-0.25, -0.2) is 9.37 Å². The predicted octanol–water partition coefficient (Wildman–Crippen LogP) is 3.57. The van der Waals surface area contributed by atoms with Crippen molar-refractivity contribution in [3.8, 4) is 10.6 Å². The fraction of sp³-hybridized carbons (Fsp3) is 0.217. The standard InChI is InChI=1S/C23H19ClFN5O2S/c24-19-7-2-1-6-18(19)21-27-30-20(31)13-17(26-23(30)33-21)14-28-8-10-29(11-9-28)22(32)15-4-3-5-16(25)12-15/h1-7,12-13H,8-11,14H2. The van der Waals surface area contributed by atoms with E-state index in [0.717, 1.165) is 5.56 Å². The van der Waals surface area contributed by atoms with Gasteiger partial charge in [-0.2, -0.15) is 9.61 Å². The zero-order valence-electron chi connectivity index (χ0n) is 17.4. The first-order valence-electron chi connectivity index (χ1n) is 10.4. The number of hydrogen-bond acceptors (Lipinski definition) is 6. The molecule has 0 atom stereocenters. The SMILES string of the molecule is O=C(c1cccc(F)c1)N1CCN(Cc2cc(=O)n3nc(-c4ccccc4Cl)sc3n2)CC1. The van der Waals surface area contributed by atoms with Crippen molar-refractivity contribution in [3.63, 3.8) is 0 Å². The van der Waals surface area contributed by atoms with Crippen molar-refractivity contribution >= 4 is 33.8 Å². The summed E-state index contributed by atoms with van der Waals surface area (Å²) in [4.78, 5) is 34.2. The molecule has 0 aliphatic carbocycles. The van der Waals surface area contributed by atoms with Gasteiger partial charge in [0.1, 0.15) is 10.8 Å². The van der Waals surface area contributed by atoms with Crippen LogP contribution in [0.1, 0.15) is 16.1 Å². The number of carbonyl (C=O) groups is 1. The predicted molar refractivity (Wildman–Crippen MR) is 125 cm³/mol. The van der Waals surface area contributed by atoms with Crippen LogP contribution in [0.15, 0.2) is 59.4 Å². The van der Waals surface area contributed by atoms with Crippen LogP contribution in [0, 0.1) is 5.82 Å². The molecule has 7 nitrogen and oxygen atoms in total. The molecule has 0 N–H and O–H groups in total. The van der Waals surface area contributed by atoms with Gasteiger partial charge in [-0.15, -0.1) is 0 Å². The summed E-state index contributed by atoms with van der Waals surface area (Å²) in [6.45, 7) is 2.81. The van der Waals surface area contributed by atoms with E-state index in [1.807, 2.05) is 18.2 Å². The fourth-order valence-electron chi connectivity index (χ4n) is 3.82. The van der Waals surface area contributed by atoms with Crippen LogP contribution in [0.3, 0.4) is 0 Å². The first-order chi connectivity index (χ1) is 16.0. The molecule has 10 heteroatoms. The van der Waals surface area contributed by atoms with Crippen molar-refractivity contribution in [1.82, 2.24) is 24.4 Å².